The van der Waals surface area contributed by atoms with Gasteiger partial charge in [0.1, 0.15) is 0 Å². The minimum Gasteiger partial charge on any atom is -0.309 e. The second-order valence-electron chi connectivity index (χ2n) is 7.58. The molecule has 0 saturated heterocycles. The zero-order chi connectivity index (χ0) is 21.8. The molecule has 2 heteroatoms. The molecule has 0 radical (unpaired) electrons. The van der Waals surface area contributed by atoms with Crippen LogP contribution in [0.3, 0.4) is 0 Å². The largest absolute Gasteiger partial charge is 0.309 e. The van der Waals surface area contributed by atoms with Crippen LogP contribution in [0.25, 0.3) is 22.3 Å². The Morgan fingerprint density at radius 1 is 0.438 bits per heavy atom. The van der Waals surface area contributed by atoms with Gasteiger partial charge in [-0.25, -0.2) is 0 Å². The number of rotatable bonds is 5. The highest BCUT2D eigenvalue weighted by atomic mass is 127. The van der Waals surface area contributed by atoms with Crippen molar-refractivity contribution in [3.8, 4) is 22.3 Å². The smallest absolute Gasteiger partial charge is 0.0540 e. The van der Waals surface area contributed by atoms with Crippen molar-refractivity contribution in [3.05, 3.63) is 137 Å². The molecule has 0 amide bonds. The van der Waals surface area contributed by atoms with Gasteiger partial charge in [0.15, 0.2) is 0 Å². The molecule has 0 unspecified atom stereocenters. The van der Waals surface area contributed by atoms with Crippen LogP contribution in [0.4, 0.5) is 17.1 Å². The highest BCUT2D eigenvalue weighted by Gasteiger charge is 2.20. The average Bonchev–Trinajstić information content (AvgIpc) is 2.86. The van der Waals surface area contributed by atoms with Gasteiger partial charge in [-0.2, -0.15) is 0 Å². The van der Waals surface area contributed by atoms with Gasteiger partial charge in [-0.05, 0) is 64.0 Å². The molecule has 154 valence electrons. The number of para-hydroxylation sites is 2. The molecule has 0 aliphatic heterocycles. The predicted octanol–water partition coefficient (Wildman–Crippen LogP) is 9.10. The molecule has 0 fully saturated rings. The Morgan fingerprint density at radius 3 is 1.41 bits per heavy atom. The van der Waals surface area contributed by atoms with E-state index in [0.29, 0.717) is 0 Å². The fourth-order valence-electron chi connectivity index (χ4n) is 4.08. The van der Waals surface area contributed by atoms with E-state index in [1.165, 1.54) is 25.8 Å². The minimum absolute atomic E-state index is 1.14. The third-order valence-corrected chi connectivity index (χ3v) is 6.20. The zero-order valence-corrected chi connectivity index (χ0v) is 19.7. The van der Waals surface area contributed by atoms with E-state index in [0.717, 1.165) is 17.1 Å². The lowest BCUT2D eigenvalue weighted by atomic mass is 9.99. The van der Waals surface area contributed by atoms with Crippen LogP contribution < -0.4 is 4.90 Å². The predicted molar refractivity (Wildman–Crippen MR) is 145 cm³/mol. The standard InChI is InChI=1S/C30H22IN/c31-25-16-11-17-26(22-25)32(29-20-9-7-18-27(29)23-12-3-1-4-13-23)30-21-10-8-19-28(30)24-14-5-2-6-15-24/h1-22H. The Labute approximate surface area is 203 Å². The van der Waals surface area contributed by atoms with Gasteiger partial charge in [0.05, 0.1) is 11.4 Å². The van der Waals surface area contributed by atoms with Crippen LogP contribution in [0.15, 0.2) is 133 Å². The minimum atomic E-state index is 1.14. The van der Waals surface area contributed by atoms with Crippen LogP contribution in [0.5, 0.6) is 0 Å². The summed E-state index contributed by atoms with van der Waals surface area (Å²) in [5.74, 6) is 0. The summed E-state index contributed by atoms with van der Waals surface area (Å²) in [6.45, 7) is 0. The van der Waals surface area contributed by atoms with Crippen molar-refractivity contribution in [3.63, 3.8) is 0 Å². The van der Waals surface area contributed by atoms with Crippen LogP contribution in [0.1, 0.15) is 0 Å². The Hall–Kier alpha value is -3.37. The summed E-state index contributed by atoms with van der Waals surface area (Å²) < 4.78 is 1.21. The number of halogens is 1. The third-order valence-electron chi connectivity index (χ3n) is 5.53. The van der Waals surface area contributed by atoms with Gasteiger partial charge in [0, 0.05) is 20.4 Å². The first-order chi connectivity index (χ1) is 15.8. The van der Waals surface area contributed by atoms with E-state index >= 15 is 0 Å². The molecule has 0 spiro atoms. The molecule has 0 atom stereocenters. The summed E-state index contributed by atoms with van der Waals surface area (Å²) in [7, 11) is 0. The van der Waals surface area contributed by atoms with Crippen molar-refractivity contribution in [1.29, 1.82) is 0 Å². The van der Waals surface area contributed by atoms with E-state index in [-0.39, 0.29) is 0 Å². The van der Waals surface area contributed by atoms with E-state index in [4.69, 9.17) is 0 Å². The van der Waals surface area contributed by atoms with Crippen LogP contribution in [-0.2, 0) is 0 Å². The lowest BCUT2D eigenvalue weighted by molar-refractivity contribution is 1.28. The summed E-state index contributed by atoms with van der Waals surface area (Å²) in [6, 6.07) is 47.2. The van der Waals surface area contributed by atoms with Gasteiger partial charge in [0.2, 0.25) is 0 Å². The quantitative estimate of drug-likeness (QED) is 0.208. The van der Waals surface area contributed by atoms with Crippen molar-refractivity contribution in [2.75, 3.05) is 4.90 Å². The Kier molecular flexibility index (Phi) is 6.04. The summed E-state index contributed by atoms with van der Waals surface area (Å²) in [6.07, 6.45) is 0. The normalized spacial score (nSPS) is 10.7. The van der Waals surface area contributed by atoms with E-state index in [1.807, 2.05) is 0 Å². The van der Waals surface area contributed by atoms with Crippen LogP contribution in [0, 0.1) is 3.57 Å². The molecule has 0 aromatic heterocycles. The fourth-order valence-corrected chi connectivity index (χ4v) is 4.61. The molecule has 0 bridgehead atoms. The number of nitrogens with zero attached hydrogens (tertiary/aromatic N) is 1. The van der Waals surface area contributed by atoms with E-state index < -0.39 is 0 Å². The summed E-state index contributed by atoms with van der Waals surface area (Å²) in [4.78, 5) is 2.38. The molecule has 5 rings (SSSR count). The molecule has 0 heterocycles. The molecule has 0 aliphatic carbocycles. The van der Waals surface area contributed by atoms with E-state index in [2.05, 4.69) is 161 Å². The molecular formula is C30H22IN. The molecular weight excluding hydrogens is 501 g/mol. The second kappa shape index (κ2) is 9.41. The average molecular weight is 523 g/mol. The van der Waals surface area contributed by atoms with Crippen molar-refractivity contribution in [2.45, 2.75) is 0 Å². The molecule has 0 N–H and O–H groups in total. The monoisotopic (exact) mass is 523 g/mol. The van der Waals surface area contributed by atoms with E-state index in [9.17, 15) is 0 Å². The summed E-state index contributed by atoms with van der Waals surface area (Å²) >= 11 is 2.39. The third kappa shape index (κ3) is 4.19. The highest BCUT2D eigenvalue weighted by Crippen LogP contribution is 2.44. The van der Waals surface area contributed by atoms with Gasteiger partial charge >= 0.3 is 0 Å². The number of anilines is 3. The lowest BCUT2D eigenvalue weighted by Gasteiger charge is -2.30. The summed E-state index contributed by atoms with van der Waals surface area (Å²) in [5, 5.41) is 0. The summed E-state index contributed by atoms with van der Waals surface area (Å²) in [5.41, 5.74) is 8.27. The van der Waals surface area contributed by atoms with Crippen LogP contribution >= 0.6 is 22.6 Å². The van der Waals surface area contributed by atoms with Crippen molar-refractivity contribution < 1.29 is 0 Å². The van der Waals surface area contributed by atoms with Crippen LogP contribution in [0.2, 0.25) is 0 Å². The second-order valence-corrected chi connectivity index (χ2v) is 8.83. The van der Waals surface area contributed by atoms with Gasteiger partial charge < -0.3 is 4.90 Å². The molecule has 32 heavy (non-hydrogen) atoms. The van der Waals surface area contributed by atoms with Gasteiger partial charge in [-0.15, -0.1) is 0 Å². The molecule has 1 nitrogen and oxygen atoms in total. The Bertz CT molecular complexity index is 1250. The Balaban J connectivity index is 1.78. The Morgan fingerprint density at radius 2 is 0.906 bits per heavy atom. The molecule has 5 aromatic rings. The topological polar surface area (TPSA) is 3.24 Å². The molecule has 0 saturated carbocycles. The first kappa shape index (κ1) is 20.5. The van der Waals surface area contributed by atoms with Crippen molar-refractivity contribution in [2.24, 2.45) is 0 Å². The maximum atomic E-state index is 2.39. The van der Waals surface area contributed by atoms with Gasteiger partial charge in [-0.3, -0.25) is 0 Å². The molecule has 5 aromatic carbocycles. The van der Waals surface area contributed by atoms with Gasteiger partial charge in [-0.1, -0.05) is 103 Å². The lowest BCUT2D eigenvalue weighted by Crippen LogP contribution is -2.12. The number of hydrogen-bond acceptors (Lipinski definition) is 1. The fraction of sp³-hybridized carbons (Fsp3) is 0. The highest BCUT2D eigenvalue weighted by molar-refractivity contribution is 14.1. The number of benzene rings is 5. The SMILES string of the molecule is Ic1cccc(N(c2ccccc2-c2ccccc2)c2ccccc2-c2ccccc2)c1. The maximum Gasteiger partial charge on any atom is 0.0540 e. The first-order valence-electron chi connectivity index (χ1n) is 10.7. The van der Waals surface area contributed by atoms with Crippen molar-refractivity contribution in [1.82, 2.24) is 0 Å². The first-order valence-corrected chi connectivity index (χ1v) is 11.7. The van der Waals surface area contributed by atoms with Crippen LogP contribution in [-0.4, -0.2) is 0 Å². The maximum absolute atomic E-state index is 2.39. The zero-order valence-electron chi connectivity index (χ0n) is 17.5. The van der Waals surface area contributed by atoms with Crippen molar-refractivity contribution >= 4 is 39.7 Å². The number of hydrogen-bond donors (Lipinski definition) is 0. The van der Waals surface area contributed by atoms with Gasteiger partial charge in [0.25, 0.3) is 0 Å². The molecule has 0 aliphatic rings. The van der Waals surface area contributed by atoms with E-state index in [1.54, 1.807) is 0 Å².